The number of sulfone groups is 1. The highest BCUT2D eigenvalue weighted by atomic mass is 32.2. The summed E-state index contributed by atoms with van der Waals surface area (Å²) >= 11 is 0. The molecule has 0 N–H and O–H groups in total. The molecule has 0 aliphatic rings. The first-order valence-corrected chi connectivity index (χ1v) is 11.1. The second-order valence-corrected chi connectivity index (χ2v) is 8.70. The highest BCUT2D eigenvalue weighted by molar-refractivity contribution is 7.91. The first-order valence-electron chi connectivity index (χ1n) is 9.32. The lowest BCUT2D eigenvalue weighted by atomic mass is 10.1. The van der Waals surface area contributed by atoms with E-state index in [1.54, 1.807) is 0 Å². The van der Waals surface area contributed by atoms with Gasteiger partial charge in [0.05, 0.1) is 11.5 Å². The molecular weight excluding hydrogens is 280 g/mol. The molecule has 0 saturated carbocycles. The SMILES string of the molecule is CCCCCCCCCCS(=O)(=O)CCCCCCCC. The summed E-state index contributed by atoms with van der Waals surface area (Å²) in [5.41, 5.74) is 0. The van der Waals surface area contributed by atoms with Crippen LogP contribution in [0.4, 0.5) is 0 Å². The third-order valence-electron chi connectivity index (χ3n) is 4.12. The second-order valence-electron chi connectivity index (χ2n) is 6.39. The first kappa shape index (κ1) is 20.9. The van der Waals surface area contributed by atoms with Gasteiger partial charge < -0.3 is 0 Å². The molecule has 0 radical (unpaired) electrons. The average Bonchev–Trinajstić information content (AvgIpc) is 2.45. The monoisotopic (exact) mass is 318 g/mol. The smallest absolute Gasteiger partial charge is 0.150 e. The van der Waals surface area contributed by atoms with Gasteiger partial charge in [-0.2, -0.15) is 0 Å². The third-order valence-corrected chi connectivity index (χ3v) is 5.94. The van der Waals surface area contributed by atoms with Gasteiger partial charge in [-0.15, -0.1) is 0 Å². The molecule has 0 heterocycles. The van der Waals surface area contributed by atoms with Gasteiger partial charge in [-0.1, -0.05) is 90.9 Å². The summed E-state index contributed by atoms with van der Waals surface area (Å²) in [6.07, 6.45) is 16.6. The minimum Gasteiger partial charge on any atom is -0.229 e. The van der Waals surface area contributed by atoms with Crippen LogP contribution in [0.1, 0.15) is 104 Å². The van der Waals surface area contributed by atoms with Gasteiger partial charge in [0.2, 0.25) is 0 Å². The fourth-order valence-electron chi connectivity index (χ4n) is 2.66. The van der Waals surface area contributed by atoms with Gasteiger partial charge in [0.1, 0.15) is 9.84 Å². The summed E-state index contributed by atoms with van der Waals surface area (Å²) in [5, 5.41) is 0. The molecule has 0 aliphatic carbocycles. The molecule has 0 rings (SSSR count). The Hall–Kier alpha value is -0.0500. The number of rotatable bonds is 16. The lowest BCUT2D eigenvalue weighted by Gasteiger charge is -2.05. The van der Waals surface area contributed by atoms with Crippen LogP contribution in [0.2, 0.25) is 0 Å². The van der Waals surface area contributed by atoms with Gasteiger partial charge in [0.25, 0.3) is 0 Å². The first-order chi connectivity index (χ1) is 10.1. The number of hydrogen-bond donors (Lipinski definition) is 0. The molecule has 0 unspecified atom stereocenters. The van der Waals surface area contributed by atoms with Crippen molar-refractivity contribution >= 4 is 9.84 Å². The van der Waals surface area contributed by atoms with Crippen molar-refractivity contribution in [3.63, 3.8) is 0 Å². The van der Waals surface area contributed by atoms with Crippen LogP contribution in [0.25, 0.3) is 0 Å². The molecule has 0 amide bonds. The Labute approximate surface area is 134 Å². The predicted octanol–water partition coefficient (Wildman–Crippen LogP) is 5.90. The summed E-state index contributed by atoms with van der Waals surface area (Å²) in [4.78, 5) is 0. The normalized spacial score (nSPS) is 11.9. The van der Waals surface area contributed by atoms with Crippen molar-refractivity contribution in [1.82, 2.24) is 0 Å². The van der Waals surface area contributed by atoms with Crippen molar-refractivity contribution < 1.29 is 8.42 Å². The summed E-state index contributed by atoms with van der Waals surface area (Å²) in [5.74, 6) is 0.826. The Morgan fingerprint density at radius 2 is 0.762 bits per heavy atom. The largest absolute Gasteiger partial charge is 0.229 e. The molecule has 21 heavy (non-hydrogen) atoms. The molecule has 0 spiro atoms. The minimum absolute atomic E-state index is 0.412. The zero-order valence-corrected chi connectivity index (χ0v) is 15.4. The topological polar surface area (TPSA) is 34.1 Å². The van der Waals surface area contributed by atoms with E-state index in [0.29, 0.717) is 11.5 Å². The average molecular weight is 319 g/mol. The van der Waals surface area contributed by atoms with Crippen LogP contribution < -0.4 is 0 Å². The number of hydrogen-bond acceptors (Lipinski definition) is 2. The fourth-order valence-corrected chi connectivity index (χ4v) is 4.15. The highest BCUT2D eigenvalue weighted by Gasteiger charge is 2.09. The van der Waals surface area contributed by atoms with Crippen LogP contribution in [0.3, 0.4) is 0 Å². The van der Waals surface area contributed by atoms with E-state index in [9.17, 15) is 8.42 Å². The van der Waals surface area contributed by atoms with Crippen LogP contribution >= 0.6 is 0 Å². The van der Waals surface area contributed by atoms with Gasteiger partial charge in [-0.3, -0.25) is 0 Å². The van der Waals surface area contributed by atoms with E-state index in [0.717, 1.165) is 25.7 Å². The molecule has 3 heteroatoms. The number of unbranched alkanes of at least 4 members (excludes halogenated alkanes) is 12. The summed E-state index contributed by atoms with van der Waals surface area (Å²) in [6, 6.07) is 0. The summed E-state index contributed by atoms with van der Waals surface area (Å²) < 4.78 is 23.8. The maximum Gasteiger partial charge on any atom is 0.150 e. The van der Waals surface area contributed by atoms with Gasteiger partial charge >= 0.3 is 0 Å². The lowest BCUT2D eigenvalue weighted by Crippen LogP contribution is -2.11. The zero-order chi connectivity index (χ0) is 15.8. The Morgan fingerprint density at radius 1 is 0.476 bits per heavy atom. The van der Waals surface area contributed by atoms with E-state index in [2.05, 4.69) is 13.8 Å². The lowest BCUT2D eigenvalue weighted by molar-refractivity contribution is 0.567. The molecule has 128 valence electrons. The van der Waals surface area contributed by atoms with Crippen LogP contribution in [-0.4, -0.2) is 19.9 Å². The molecule has 0 aromatic carbocycles. The molecule has 2 nitrogen and oxygen atoms in total. The van der Waals surface area contributed by atoms with E-state index in [4.69, 9.17) is 0 Å². The van der Waals surface area contributed by atoms with E-state index in [1.165, 1.54) is 64.2 Å². The Balaban J connectivity index is 3.39. The zero-order valence-electron chi connectivity index (χ0n) is 14.5. The maximum atomic E-state index is 11.9. The van der Waals surface area contributed by atoms with Crippen molar-refractivity contribution in [1.29, 1.82) is 0 Å². The Bertz CT molecular complexity index is 296. The summed E-state index contributed by atoms with van der Waals surface area (Å²) in [7, 11) is -2.78. The Kier molecular flexibility index (Phi) is 14.8. The molecule has 0 bridgehead atoms. The fraction of sp³-hybridized carbons (Fsp3) is 1.00. The van der Waals surface area contributed by atoms with Gasteiger partial charge in [0, 0.05) is 0 Å². The quantitative estimate of drug-likeness (QED) is 0.332. The molecule has 0 atom stereocenters. The predicted molar refractivity (Wildman–Crippen MR) is 94.6 cm³/mol. The van der Waals surface area contributed by atoms with Crippen molar-refractivity contribution in [2.75, 3.05) is 11.5 Å². The van der Waals surface area contributed by atoms with Crippen LogP contribution in [0, 0.1) is 0 Å². The van der Waals surface area contributed by atoms with Gasteiger partial charge in [-0.25, -0.2) is 8.42 Å². The van der Waals surface area contributed by atoms with Crippen molar-refractivity contribution in [3.8, 4) is 0 Å². The minimum atomic E-state index is -2.78. The van der Waals surface area contributed by atoms with Crippen LogP contribution in [0.15, 0.2) is 0 Å². The van der Waals surface area contributed by atoms with E-state index in [-0.39, 0.29) is 0 Å². The van der Waals surface area contributed by atoms with Crippen molar-refractivity contribution in [2.45, 2.75) is 104 Å². The molecule has 0 aromatic rings. The van der Waals surface area contributed by atoms with Gasteiger partial charge in [0.15, 0.2) is 0 Å². The van der Waals surface area contributed by atoms with E-state index in [1.807, 2.05) is 0 Å². The van der Waals surface area contributed by atoms with Gasteiger partial charge in [-0.05, 0) is 12.8 Å². The highest BCUT2D eigenvalue weighted by Crippen LogP contribution is 2.11. The summed E-state index contributed by atoms with van der Waals surface area (Å²) in [6.45, 7) is 4.43. The van der Waals surface area contributed by atoms with Crippen LogP contribution in [0.5, 0.6) is 0 Å². The van der Waals surface area contributed by atoms with Crippen molar-refractivity contribution in [2.24, 2.45) is 0 Å². The molecular formula is C18H38O2S. The molecule has 0 aromatic heterocycles. The maximum absolute atomic E-state index is 11.9. The van der Waals surface area contributed by atoms with Crippen LogP contribution in [-0.2, 0) is 9.84 Å². The second kappa shape index (κ2) is 14.9. The molecule has 0 fully saturated rings. The Morgan fingerprint density at radius 3 is 1.10 bits per heavy atom. The third kappa shape index (κ3) is 16.2. The van der Waals surface area contributed by atoms with E-state index < -0.39 is 9.84 Å². The molecule has 0 aliphatic heterocycles. The van der Waals surface area contributed by atoms with E-state index >= 15 is 0 Å². The standard InChI is InChI=1S/C18H38O2S/c1-3-5-7-9-11-12-14-16-18-21(19,20)17-15-13-10-8-6-4-2/h3-18H2,1-2H3. The molecule has 0 saturated heterocycles. The van der Waals surface area contributed by atoms with Crippen molar-refractivity contribution in [3.05, 3.63) is 0 Å².